The van der Waals surface area contributed by atoms with Crippen LogP contribution >= 0.6 is 0 Å². The minimum atomic E-state index is -2.68. The molecule has 20 heavy (non-hydrogen) atoms. The van der Waals surface area contributed by atoms with Crippen molar-refractivity contribution in [3.05, 3.63) is 27.0 Å². The molecule has 2 N–H and O–H groups in total. The first-order chi connectivity index (χ1) is 9.24. The average molecular weight is 393 g/mol. The Kier molecular flexibility index (Phi) is 4.41. The number of nitrogens with one attached hydrogen (secondary N) is 1. The first-order valence-corrected chi connectivity index (χ1v) is 16.5. The third-order valence-electron chi connectivity index (χ3n) is 3.43. The zero-order chi connectivity index (χ0) is 15.1. The molecule has 1 aromatic rings. The molecule has 6 nitrogen and oxygen atoms in total. The standard InChI is InChI=1S/C9H10FN2O4.3CH3.Sn/c10-5-3-8(16-6(5)4-13)12-2-1-7(14)11-9(12)15;;;;/h2,5-6,8,13H,3-4H2,(H,11,14,15);3*1H3;/t5?,6-,8-;;;;/m1..../s1. The van der Waals surface area contributed by atoms with E-state index in [0.717, 1.165) is 0 Å². The van der Waals surface area contributed by atoms with Crippen LogP contribution in [0, 0.1) is 0 Å². The molecule has 0 aromatic carbocycles. The van der Waals surface area contributed by atoms with Gasteiger partial charge in [0.2, 0.25) is 0 Å². The van der Waals surface area contributed by atoms with Crippen LogP contribution in [-0.4, -0.2) is 51.9 Å². The van der Waals surface area contributed by atoms with Gasteiger partial charge in [-0.05, 0) is 0 Å². The van der Waals surface area contributed by atoms with E-state index < -0.39 is 49.2 Å². The topological polar surface area (TPSA) is 84.3 Å². The molecular formula is C12H19FN2O4Sn. The van der Waals surface area contributed by atoms with E-state index in [9.17, 15) is 14.0 Å². The van der Waals surface area contributed by atoms with E-state index >= 15 is 0 Å². The van der Waals surface area contributed by atoms with Crippen LogP contribution in [0.2, 0.25) is 14.8 Å². The van der Waals surface area contributed by atoms with Gasteiger partial charge in [0.1, 0.15) is 0 Å². The Balaban J connectivity index is 2.43. The Morgan fingerprint density at radius 3 is 2.65 bits per heavy atom. The number of aromatic amines is 1. The molecule has 2 rings (SSSR count). The predicted octanol–water partition coefficient (Wildman–Crippen LogP) is -0.300. The zero-order valence-electron chi connectivity index (χ0n) is 11.7. The van der Waals surface area contributed by atoms with E-state index in [2.05, 4.69) is 19.8 Å². The molecule has 0 radical (unpaired) electrons. The maximum absolute atomic E-state index is 13.6. The van der Waals surface area contributed by atoms with Crippen molar-refractivity contribution in [1.29, 1.82) is 0 Å². The predicted molar refractivity (Wildman–Crippen MR) is 74.8 cm³/mol. The monoisotopic (exact) mass is 394 g/mol. The number of halogens is 1. The first-order valence-electron chi connectivity index (χ1n) is 6.50. The Hall–Kier alpha value is -0.671. The number of rotatable bonds is 3. The SMILES string of the molecule is [CH3][Sn]([CH3])([CH3])[c]1cn([C@H]2CC(F)[C@@H](CO)O2)c(=O)[nH]c1=O. The van der Waals surface area contributed by atoms with E-state index in [1.807, 2.05) is 0 Å². The van der Waals surface area contributed by atoms with Gasteiger partial charge in [-0.25, -0.2) is 0 Å². The third-order valence-corrected chi connectivity index (χ3v) is 9.06. The van der Waals surface area contributed by atoms with Gasteiger partial charge in [-0.3, -0.25) is 0 Å². The number of aromatic nitrogens is 2. The first kappa shape index (κ1) is 15.7. The fraction of sp³-hybridized carbons (Fsp3) is 0.667. The van der Waals surface area contributed by atoms with E-state index in [1.165, 1.54) is 10.8 Å². The molecule has 1 aliphatic heterocycles. The van der Waals surface area contributed by atoms with Gasteiger partial charge in [0.25, 0.3) is 0 Å². The number of hydrogen-bond donors (Lipinski definition) is 2. The molecule has 1 aromatic heterocycles. The third kappa shape index (κ3) is 2.99. The second-order valence-electron chi connectivity index (χ2n) is 6.02. The summed E-state index contributed by atoms with van der Waals surface area (Å²) in [5, 5.41) is 9.00. The molecule has 1 fully saturated rings. The van der Waals surface area contributed by atoms with Crippen LogP contribution in [0.5, 0.6) is 0 Å². The maximum atomic E-state index is 13.6. The second kappa shape index (κ2) is 5.61. The number of ether oxygens (including phenoxy) is 1. The van der Waals surface area contributed by atoms with Crippen LogP contribution in [-0.2, 0) is 4.74 Å². The molecule has 1 unspecified atom stereocenters. The van der Waals surface area contributed by atoms with Crippen molar-refractivity contribution in [3.63, 3.8) is 0 Å². The fourth-order valence-corrected chi connectivity index (χ4v) is 5.88. The van der Waals surface area contributed by atoms with Gasteiger partial charge in [0.05, 0.1) is 0 Å². The van der Waals surface area contributed by atoms with Crippen molar-refractivity contribution in [1.82, 2.24) is 9.55 Å². The van der Waals surface area contributed by atoms with Crippen LogP contribution in [0.15, 0.2) is 15.8 Å². The summed E-state index contributed by atoms with van der Waals surface area (Å²) in [6.45, 7) is -0.429. The Bertz CT molecular complexity index is 607. The van der Waals surface area contributed by atoms with Crippen molar-refractivity contribution >= 4 is 22.0 Å². The Morgan fingerprint density at radius 1 is 1.50 bits per heavy atom. The molecule has 8 heteroatoms. The molecule has 0 amide bonds. The van der Waals surface area contributed by atoms with E-state index in [-0.39, 0.29) is 12.0 Å². The number of alkyl halides is 1. The molecule has 3 atom stereocenters. The normalized spacial score (nSPS) is 26.9. The second-order valence-corrected chi connectivity index (χ2v) is 20.4. The number of aliphatic hydroxyl groups is 1. The molecule has 0 saturated carbocycles. The number of H-pyrrole nitrogens is 1. The Labute approximate surface area is 119 Å². The summed E-state index contributed by atoms with van der Waals surface area (Å²) < 4.78 is 20.8. The summed E-state index contributed by atoms with van der Waals surface area (Å²) in [4.78, 5) is 32.2. The van der Waals surface area contributed by atoms with Crippen molar-refractivity contribution in [2.75, 3.05) is 6.61 Å². The van der Waals surface area contributed by atoms with Gasteiger partial charge in [0, 0.05) is 0 Å². The van der Waals surface area contributed by atoms with Gasteiger partial charge in [0.15, 0.2) is 0 Å². The quantitative estimate of drug-likeness (QED) is 0.692. The van der Waals surface area contributed by atoms with Gasteiger partial charge in [-0.15, -0.1) is 0 Å². The van der Waals surface area contributed by atoms with Crippen LogP contribution in [0.4, 0.5) is 4.39 Å². The van der Waals surface area contributed by atoms with E-state index in [4.69, 9.17) is 9.84 Å². The Morgan fingerprint density at radius 2 is 2.15 bits per heavy atom. The van der Waals surface area contributed by atoms with Crippen LogP contribution in [0.25, 0.3) is 0 Å². The summed E-state index contributed by atoms with van der Waals surface area (Å²) in [6.07, 6.45) is -1.50. The zero-order valence-corrected chi connectivity index (χ0v) is 14.6. The van der Waals surface area contributed by atoms with Gasteiger partial charge >= 0.3 is 119 Å². The van der Waals surface area contributed by atoms with Gasteiger partial charge < -0.3 is 0 Å². The van der Waals surface area contributed by atoms with Gasteiger partial charge in [-0.2, -0.15) is 0 Å². The summed E-state index contributed by atoms with van der Waals surface area (Å²) in [5.74, 6) is 0. The molecule has 0 bridgehead atoms. The number of nitrogens with zero attached hydrogens (tertiary/aromatic N) is 1. The molecule has 1 saturated heterocycles. The molecule has 2 heterocycles. The molecular weight excluding hydrogens is 374 g/mol. The molecule has 1 aliphatic rings. The molecule has 0 aliphatic carbocycles. The summed E-state index contributed by atoms with van der Waals surface area (Å²) in [5.41, 5.74) is -0.965. The number of hydrogen-bond acceptors (Lipinski definition) is 4. The summed E-state index contributed by atoms with van der Waals surface area (Å²) >= 11 is -2.68. The minimum absolute atomic E-state index is 0.00369. The van der Waals surface area contributed by atoms with E-state index in [1.54, 1.807) is 0 Å². The van der Waals surface area contributed by atoms with Crippen LogP contribution < -0.4 is 14.8 Å². The molecule has 112 valence electrons. The summed E-state index contributed by atoms with van der Waals surface area (Å²) in [6, 6.07) is 0. The summed E-state index contributed by atoms with van der Waals surface area (Å²) in [7, 11) is 0. The van der Waals surface area contributed by atoms with Crippen LogP contribution in [0.1, 0.15) is 12.6 Å². The van der Waals surface area contributed by atoms with Crippen molar-refractivity contribution in [2.45, 2.75) is 39.7 Å². The van der Waals surface area contributed by atoms with E-state index in [0.29, 0.717) is 3.58 Å². The van der Waals surface area contributed by atoms with Crippen molar-refractivity contribution in [2.24, 2.45) is 0 Å². The van der Waals surface area contributed by atoms with Crippen molar-refractivity contribution < 1.29 is 14.2 Å². The number of aliphatic hydroxyl groups excluding tert-OH is 1. The molecule has 0 spiro atoms. The van der Waals surface area contributed by atoms with Crippen LogP contribution in [0.3, 0.4) is 0 Å². The van der Waals surface area contributed by atoms with Crippen molar-refractivity contribution in [3.8, 4) is 0 Å². The van der Waals surface area contributed by atoms with Gasteiger partial charge in [-0.1, -0.05) is 0 Å². The fourth-order valence-electron chi connectivity index (χ4n) is 2.26. The average Bonchev–Trinajstić information content (AvgIpc) is 2.68.